The number of anilines is 1. The van der Waals surface area contributed by atoms with Gasteiger partial charge in [-0.15, -0.1) is 0 Å². The molecule has 2 heterocycles. The molecule has 26 heavy (non-hydrogen) atoms. The molecule has 2 atom stereocenters. The van der Waals surface area contributed by atoms with Crippen molar-refractivity contribution in [2.24, 2.45) is 0 Å². The topological polar surface area (TPSA) is 60.2 Å². The summed E-state index contributed by atoms with van der Waals surface area (Å²) in [5, 5.41) is 4.41. The molecule has 0 radical (unpaired) electrons. The van der Waals surface area contributed by atoms with Gasteiger partial charge in [0.2, 0.25) is 5.95 Å². The Morgan fingerprint density at radius 3 is 2.27 bits per heavy atom. The number of nitrogens with zero attached hydrogens (tertiary/aromatic N) is 4. The Kier molecular flexibility index (Phi) is 4.50. The van der Waals surface area contributed by atoms with E-state index in [1.54, 1.807) is 4.90 Å². The maximum atomic E-state index is 12.8. The summed E-state index contributed by atoms with van der Waals surface area (Å²) in [7, 11) is 1.52. The summed E-state index contributed by atoms with van der Waals surface area (Å²) in [6, 6.07) is 20.2. The van der Waals surface area contributed by atoms with Crippen LogP contribution in [0.3, 0.4) is 0 Å². The van der Waals surface area contributed by atoms with Gasteiger partial charge in [0.15, 0.2) is 0 Å². The van der Waals surface area contributed by atoms with Gasteiger partial charge in [0.25, 0.3) is 5.91 Å². The van der Waals surface area contributed by atoms with Crippen molar-refractivity contribution < 1.29 is 9.53 Å². The molecule has 0 aliphatic carbocycles. The first-order valence-corrected chi connectivity index (χ1v) is 8.60. The number of fused-ring (bicyclic) bond motifs is 1. The number of rotatable bonds is 4. The molecule has 0 spiro atoms. The lowest BCUT2D eigenvalue weighted by molar-refractivity contribution is -0.123. The minimum atomic E-state index is -0.124. The number of aromatic nitrogens is 3. The predicted molar refractivity (Wildman–Crippen MR) is 97.8 cm³/mol. The lowest BCUT2D eigenvalue weighted by Crippen LogP contribution is -2.44. The van der Waals surface area contributed by atoms with E-state index in [1.807, 2.05) is 53.2 Å². The average molecular weight is 348 g/mol. The first kappa shape index (κ1) is 16.5. The third-order valence-electron chi connectivity index (χ3n) is 4.73. The van der Waals surface area contributed by atoms with Crippen LogP contribution in [0.2, 0.25) is 0 Å². The van der Waals surface area contributed by atoms with Crippen LogP contribution in [-0.4, -0.2) is 34.4 Å². The van der Waals surface area contributed by atoms with Gasteiger partial charge in [-0.05, 0) is 17.5 Å². The molecule has 0 saturated carbocycles. The Morgan fingerprint density at radius 2 is 1.65 bits per heavy atom. The van der Waals surface area contributed by atoms with E-state index >= 15 is 0 Å². The molecule has 1 aliphatic rings. The van der Waals surface area contributed by atoms with Gasteiger partial charge in [0.1, 0.15) is 12.9 Å². The van der Waals surface area contributed by atoms with E-state index in [0.29, 0.717) is 5.95 Å². The molecule has 3 aromatic rings. The van der Waals surface area contributed by atoms with E-state index in [4.69, 9.17) is 4.74 Å². The average Bonchev–Trinajstić information content (AvgIpc) is 3.18. The van der Waals surface area contributed by atoms with Crippen molar-refractivity contribution in [1.82, 2.24) is 14.8 Å². The van der Waals surface area contributed by atoms with Crippen molar-refractivity contribution >= 4 is 11.9 Å². The number of carbonyl (C=O) groups is 1. The van der Waals surface area contributed by atoms with Gasteiger partial charge in [0, 0.05) is 7.11 Å². The molecular formula is C20H20N4O2. The fourth-order valence-corrected chi connectivity index (χ4v) is 3.58. The van der Waals surface area contributed by atoms with Crippen LogP contribution < -0.4 is 4.90 Å². The lowest BCUT2D eigenvalue weighted by Gasteiger charge is -2.39. The highest BCUT2D eigenvalue weighted by atomic mass is 16.5. The number of methoxy groups -OCH3 is 1. The molecule has 0 saturated heterocycles. The first-order valence-electron chi connectivity index (χ1n) is 8.60. The maximum absolute atomic E-state index is 12.8. The van der Waals surface area contributed by atoms with Gasteiger partial charge < -0.3 is 4.74 Å². The van der Waals surface area contributed by atoms with Gasteiger partial charge >= 0.3 is 0 Å². The van der Waals surface area contributed by atoms with Crippen molar-refractivity contribution in [2.75, 3.05) is 18.6 Å². The summed E-state index contributed by atoms with van der Waals surface area (Å²) >= 11 is 0. The van der Waals surface area contributed by atoms with Crippen molar-refractivity contribution in [3.05, 3.63) is 78.1 Å². The van der Waals surface area contributed by atoms with Crippen LogP contribution in [0.4, 0.5) is 5.95 Å². The van der Waals surface area contributed by atoms with Crippen molar-refractivity contribution in [2.45, 2.75) is 18.5 Å². The van der Waals surface area contributed by atoms with Gasteiger partial charge in [-0.1, -0.05) is 60.7 Å². The zero-order valence-electron chi connectivity index (χ0n) is 14.5. The second kappa shape index (κ2) is 7.09. The number of carbonyl (C=O) groups excluding carboxylic acids is 1. The van der Waals surface area contributed by atoms with Crippen LogP contribution >= 0.6 is 0 Å². The van der Waals surface area contributed by atoms with Crippen molar-refractivity contribution in [1.29, 1.82) is 0 Å². The summed E-state index contributed by atoms with van der Waals surface area (Å²) < 4.78 is 6.93. The molecule has 6 nitrogen and oxygen atoms in total. The van der Waals surface area contributed by atoms with E-state index in [9.17, 15) is 4.79 Å². The van der Waals surface area contributed by atoms with E-state index in [1.165, 1.54) is 13.4 Å². The fraction of sp³-hybridized carbons (Fsp3) is 0.250. The molecule has 1 amide bonds. The van der Waals surface area contributed by atoms with Crippen LogP contribution in [-0.2, 0) is 9.53 Å². The van der Waals surface area contributed by atoms with Crippen LogP contribution in [0.15, 0.2) is 67.0 Å². The van der Waals surface area contributed by atoms with Crippen LogP contribution in [0.5, 0.6) is 0 Å². The number of ether oxygens (including phenoxy) is 1. The quantitative estimate of drug-likeness (QED) is 0.727. The Bertz CT molecular complexity index is 879. The normalized spacial score (nSPS) is 19.2. The zero-order chi connectivity index (χ0) is 17.9. The highest BCUT2D eigenvalue weighted by Gasteiger charge is 2.39. The minimum absolute atomic E-state index is 0.00615. The molecule has 0 unspecified atom stereocenters. The minimum Gasteiger partial charge on any atom is -0.375 e. The molecular weight excluding hydrogens is 328 g/mol. The highest BCUT2D eigenvalue weighted by Crippen LogP contribution is 2.41. The van der Waals surface area contributed by atoms with Gasteiger partial charge in [0.05, 0.1) is 12.1 Å². The highest BCUT2D eigenvalue weighted by molar-refractivity contribution is 5.93. The monoisotopic (exact) mass is 348 g/mol. The fourth-order valence-electron chi connectivity index (χ4n) is 3.58. The van der Waals surface area contributed by atoms with Gasteiger partial charge in [-0.3, -0.25) is 9.69 Å². The standard InChI is InChI=1S/C20H20N4O2/c1-26-13-19(25)23-17(15-8-4-2-5-9-15)12-18(16-10-6-3-7-11-16)24-20(23)21-14-22-24/h2-11,14,17-18H,12-13H2,1H3/t17-,18+/m1/s1. The van der Waals surface area contributed by atoms with Gasteiger partial charge in [-0.25, -0.2) is 4.68 Å². The molecule has 1 aliphatic heterocycles. The summed E-state index contributed by atoms with van der Waals surface area (Å²) in [5.74, 6) is 0.433. The number of benzene rings is 2. The molecule has 1 aromatic heterocycles. The maximum Gasteiger partial charge on any atom is 0.255 e. The molecule has 0 bridgehead atoms. The van der Waals surface area contributed by atoms with E-state index in [0.717, 1.165) is 17.5 Å². The largest absolute Gasteiger partial charge is 0.375 e. The van der Waals surface area contributed by atoms with E-state index < -0.39 is 0 Å². The Labute approximate surface area is 152 Å². The molecule has 0 N–H and O–H groups in total. The summed E-state index contributed by atoms with van der Waals surface area (Å²) in [6.45, 7) is 0.00615. The molecule has 4 rings (SSSR count). The first-order chi connectivity index (χ1) is 12.8. The van der Waals surface area contributed by atoms with Crippen LogP contribution in [0.25, 0.3) is 0 Å². The summed E-state index contributed by atoms with van der Waals surface area (Å²) in [5.41, 5.74) is 2.23. The van der Waals surface area contributed by atoms with Gasteiger partial charge in [-0.2, -0.15) is 10.1 Å². The molecule has 132 valence electrons. The lowest BCUT2D eigenvalue weighted by atomic mass is 9.92. The number of hydrogen-bond acceptors (Lipinski definition) is 4. The zero-order valence-corrected chi connectivity index (χ0v) is 14.5. The second-order valence-corrected chi connectivity index (χ2v) is 6.29. The Hall–Kier alpha value is -2.99. The third kappa shape index (κ3) is 2.88. The third-order valence-corrected chi connectivity index (χ3v) is 4.73. The van der Waals surface area contributed by atoms with E-state index in [-0.39, 0.29) is 24.6 Å². The second-order valence-electron chi connectivity index (χ2n) is 6.29. The van der Waals surface area contributed by atoms with Crippen LogP contribution in [0, 0.1) is 0 Å². The molecule has 2 aromatic carbocycles. The van der Waals surface area contributed by atoms with Crippen molar-refractivity contribution in [3.63, 3.8) is 0 Å². The van der Waals surface area contributed by atoms with E-state index in [2.05, 4.69) is 22.2 Å². The number of amides is 1. The number of hydrogen-bond donors (Lipinski definition) is 0. The van der Waals surface area contributed by atoms with Crippen molar-refractivity contribution in [3.8, 4) is 0 Å². The summed E-state index contributed by atoms with van der Waals surface area (Å²) in [4.78, 5) is 18.9. The molecule has 6 heteroatoms. The Morgan fingerprint density at radius 1 is 1.04 bits per heavy atom. The Balaban J connectivity index is 1.82. The smallest absolute Gasteiger partial charge is 0.255 e. The SMILES string of the molecule is COCC(=O)N1c2ncnn2[C@H](c2ccccc2)C[C@@H]1c1ccccc1. The molecule has 0 fully saturated rings. The predicted octanol–water partition coefficient (Wildman–Crippen LogP) is 2.99. The van der Waals surface area contributed by atoms with Crippen LogP contribution in [0.1, 0.15) is 29.6 Å². The summed E-state index contributed by atoms with van der Waals surface area (Å²) in [6.07, 6.45) is 2.23.